The fraction of sp³-hybridized carbons (Fsp3) is 0.435. The molecular formula is C23H28N2O5S. The topological polar surface area (TPSA) is 84.9 Å². The van der Waals surface area contributed by atoms with Crippen LogP contribution in [0.3, 0.4) is 0 Å². The summed E-state index contributed by atoms with van der Waals surface area (Å²) in [6, 6.07) is 12.4. The van der Waals surface area contributed by atoms with Crippen LogP contribution in [0.2, 0.25) is 0 Å². The molecule has 31 heavy (non-hydrogen) atoms. The first-order valence-corrected chi connectivity index (χ1v) is 12.1. The number of ether oxygens (including phenoxy) is 2. The SMILES string of the molecule is Cc1ccc(S(=O)(=O)NCC2CCCN(C(=O)Cc3ccc4c(c3)OCCO4)C2)cc1. The van der Waals surface area contributed by atoms with Crippen LogP contribution in [0.4, 0.5) is 0 Å². The number of nitrogens with zero attached hydrogens (tertiary/aromatic N) is 1. The number of carbonyl (C=O) groups is 1. The van der Waals surface area contributed by atoms with Crippen molar-refractivity contribution in [1.82, 2.24) is 9.62 Å². The van der Waals surface area contributed by atoms with Crippen molar-refractivity contribution in [2.24, 2.45) is 5.92 Å². The van der Waals surface area contributed by atoms with Crippen LogP contribution in [-0.2, 0) is 21.2 Å². The Kier molecular flexibility index (Phi) is 6.48. The maximum absolute atomic E-state index is 12.9. The fourth-order valence-corrected chi connectivity index (χ4v) is 5.09. The number of benzene rings is 2. The average molecular weight is 445 g/mol. The third-order valence-corrected chi connectivity index (χ3v) is 7.17. The van der Waals surface area contributed by atoms with E-state index in [9.17, 15) is 13.2 Å². The Bertz CT molecular complexity index is 1040. The molecule has 0 aromatic heterocycles. The molecule has 1 atom stereocenters. The van der Waals surface area contributed by atoms with E-state index in [-0.39, 0.29) is 16.7 Å². The van der Waals surface area contributed by atoms with Gasteiger partial charge in [0.25, 0.3) is 0 Å². The minimum absolute atomic E-state index is 0.0442. The second kappa shape index (κ2) is 9.28. The van der Waals surface area contributed by atoms with Crippen molar-refractivity contribution >= 4 is 15.9 Å². The lowest BCUT2D eigenvalue weighted by Crippen LogP contribution is -2.44. The summed E-state index contributed by atoms with van der Waals surface area (Å²) in [5.74, 6) is 1.53. The number of amides is 1. The molecule has 166 valence electrons. The Labute approximate surface area is 183 Å². The molecule has 8 heteroatoms. The number of nitrogens with one attached hydrogen (secondary N) is 1. The predicted molar refractivity (Wildman–Crippen MR) is 117 cm³/mol. The van der Waals surface area contributed by atoms with Crippen LogP contribution in [0.15, 0.2) is 47.4 Å². The molecule has 2 aliphatic rings. The molecule has 1 amide bonds. The lowest BCUT2D eigenvalue weighted by molar-refractivity contribution is -0.132. The first-order chi connectivity index (χ1) is 14.9. The first-order valence-electron chi connectivity index (χ1n) is 10.6. The quantitative estimate of drug-likeness (QED) is 0.740. The number of hydrogen-bond donors (Lipinski definition) is 1. The van der Waals surface area contributed by atoms with Crippen molar-refractivity contribution in [2.75, 3.05) is 32.8 Å². The van der Waals surface area contributed by atoms with Gasteiger partial charge in [0.2, 0.25) is 15.9 Å². The van der Waals surface area contributed by atoms with Crippen LogP contribution in [-0.4, -0.2) is 52.1 Å². The molecule has 2 aromatic rings. The first kappa shape index (κ1) is 21.6. The van der Waals surface area contributed by atoms with E-state index < -0.39 is 10.0 Å². The summed E-state index contributed by atoms with van der Waals surface area (Å²) in [6.07, 6.45) is 2.05. The summed E-state index contributed by atoms with van der Waals surface area (Å²) in [6.45, 7) is 4.54. The van der Waals surface area contributed by atoms with E-state index >= 15 is 0 Å². The van der Waals surface area contributed by atoms with E-state index in [1.165, 1.54) is 0 Å². The number of fused-ring (bicyclic) bond motifs is 1. The van der Waals surface area contributed by atoms with Crippen LogP contribution >= 0.6 is 0 Å². The Morgan fingerprint density at radius 1 is 1.10 bits per heavy atom. The summed E-state index contributed by atoms with van der Waals surface area (Å²) < 4.78 is 38.9. The summed E-state index contributed by atoms with van der Waals surface area (Å²) in [5.41, 5.74) is 1.90. The molecule has 1 unspecified atom stereocenters. The highest BCUT2D eigenvalue weighted by atomic mass is 32.2. The standard InChI is InChI=1S/C23H28N2O5S/c1-17-4-7-20(8-5-17)31(27,28)24-15-19-3-2-10-25(16-19)23(26)14-18-6-9-21-22(13-18)30-12-11-29-21/h4-9,13,19,24H,2-3,10-12,14-16H2,1H3. The van der Waals surface area contributed by atoms with Crippen LogP contribution in [0.25, 0.3) is 0 Å². The second-order valence-corrected chi connectivity index (χ2v) is 9.93. The monoisotopic (exact) mass is 444 g/mol. The van der Waals surface area contributed by atoms with Gasteiger partial charge in [0, 0.05) is 19.6 Å². The highest BCUT2D eigenvalue weighted by Gasteiger charge is 2.25. The van der Waals surface area contributed by atoms with E-state index in [2.05, 4.69) is 4.72 Å². The number of sulfonamides is 1. The third kappa shape index (κ3) is 5.37. The maximum Gasteiger partial charge on any atom is 0.240 e. The predicted octanol–water partition coefficient (Wildman–Crippen LogP) is 2.53. The van der Waals surface area contributed by atoms with Crippen molar-refractivity contribution in [3.05, 3.63) is 53.6 Å². The second-order valence-electron chi connectivity index (χ2n) is 8.17. The number of likely N-dealkylation sites (tertiary alicyclic amines) is 1. The zero-order valence-corrected chi connectivity index (χ0v) is 18.5. The molecule has 7 nitrogen and oxygen atoms in total. The van der Waals surface area contributed by atoms with E-state index in [0.717, 1.165) is 24.0 Å². The van der Waals surface area contributed by atoms with Crippen molar-refractivity contribution in [2.45, 2.75) is 31.1 Å². The molecular weight excluding hydrogens is 416 g/mol. The van der Waals surface area contributed by atoms with Crippen LogP contribution < -0.4 is 14.2 Å². The Morgan fingerprint density at radius 2 is 1.84 bits per heavy atom. The van der Waals surface area contributed by atoms with E-state index in [4.69, 9.17) is 9.47 Å². The van der Waals surface area contributed by atoms with Crippen molar-refractivity contribution in [3.8, 4) is 11.5 Å². The van der Waals surface area contributed by atoms with Gasteiger partial charge in [-0.1, -0.05) is 23.8 Å². The van der Waals surface area contributed by atoms with Crippen molar-refractivity contribution < 1.29 is 22.7 Å². The van der Waals surface area contributed by atoms with Crippen LogP contribution in [0.1, 0.15) is 24.0 Å². The summed E-state index contributed by atoms with van der Waals surface area (Å²) >= 11 is 0. The summed E-state index contributed by atoms with van der Waals surface area (Å²) in [5, 5.41) is 0. The van der Waals surface area contributed by atoms with Gasteiger partial charge < -0.3 is 14.4 Å². The number of hydrogen-bond acceptors (Lipinski definition) is 5. The molecule has 2 aliphatic heterocycles. The lowest BCUT2D eigenvalue weighted by Gasteiger charge is -2.33. The summed E-state index contributed by atoms with van der Waals surface area (Å²) in [4.78, 5) is 15.0. The number of rotatable bonds is 6. The lowest BCUT2D eigenvalue weighted by atomic mass is 9.97. The zero-order valence-electron chi connectivity index (χ0n) is 17.7. The molecule has 1 saturated heterocycles. The average Bonchev–Trinajstić information content (AvgIpc) is 2.78. The smallest absolute Gasteiger partial charge is 0.240 e. The van der Waals surface area contributed by atoms with E-state index in [0.29, 0.717) is 50.8 Å². The van der Waals surface area contributed by atoms with Gasteiger partial charge in [-0.15, -0.1) is 0 Å². The highest BCUT2D eigenvalue weighted by Crippen LogP contribution is 2.31. The minimum atomic E-state index is -3.55. The molecule has 2 aromatic carbocycles. The molecule has 0 aliphatic carbocycles. The van der Waals surface area contributed by atoms with Gasteiger partial charge >= 0.3 is 0 Å². The number of aryl methyl sites for hydroxylation is 1. The Hall–Kier alpha value is -2.58. The molecule has 0 radical (unpaired) electrons. The third-order valence-electron chi connectivity index (χ3n) is 5.73. The van der Waals surface area contributed by atoms with Crippen molar-refractivity contribution in [3.63, 3.8) is 0 Å². The molecule has 1 N–H and O–H groups in total. The van der Waals surface area contributed by atoms with Gasteiger partial charge in [0.15, 0.2) is 11.5 Å². The molecule has 0 spiro atoms. The molecule has 0 bridgehead atoms. The highest BCUT2D eigenvalue weighted by molar-refractivity contribution is 7.89. The molecule has 0 saturated carbocycles. The van der Waals surface area contributed by atoms with Gasteiger partial charge in [0.1, 0.15) is 13.2 Å². The fourth-order valence-electron chi connectivity index (χ4n) is 3.97. The van der Waals surface area contributed by atoms with Gasteiger partial charge in [-0.05, 0) is 55.5 Å². The van der Waals surface area contributed by atoms with Gasteiger partial charge in [-0.25, -0.2) is 13.1 Å². The van der Waals surface area contributed by atoms with E-state index in [1.54, 1.807) is 24.3 Å². The normalized spacial score (nSPS) is 18.6. The number of piperidine rings is 1. The largest absolute Gasteiger partial charge is 0.486 e. The van der Waals surface area contributed by atoms with Crippen molar-refractivity contribution in [1.29, 1.82) is 0 Å². The summed E-state index contributed by atoms with van der Waals surface area (Å²) in [7, 11) is -3.55. The van der Waals surface area contributed by atoms with Gasteiger partial charge in [-0.2, -0.15) is 0 Å². The van der Waals surface area contributed by atoms with Gasteiger partial charge in [-0.3, -0.25) is 4.79 Å². The van der Waals surface area contributed by atoms with Crippen LogP contribution in [0, 0.1) is 12.8 Å². The maximum atomic E-state index is 12.9. The molecule has 4 rings (SSSR count). The Balaban J connectivity index is 1.32. The molecule has 1 fully saturated rings. The van der Waals surface area contributed by atoms with Gasteiger partial charge in [0.05, 0.1) is 11.3 Å². The zero-order chi connectivity index (χ0) is 21.8. The minimum Gasteiger partial charge on any atom is -0.486 e. The number of carbonyl (C=O) groups excluding carboxylic acids is 1. The van der Waals surface area contributed by atoms with E-state index in [1.807, 2.05) is 30.0 Å². The molecule has 2 heterocycles. The Morgan fingerprint density at radius 3 is 2.61 bits per heavy atom. The van der Waals surface area contributed by atoms with Crippen LogP contribution in [0.5, 0.6) is 11.5 Å².